The Kier molecular flexibility index (Phi) is 3.80. The van der Waals surface area contributed by atoms with Crippen LogP contribution in [0.5, 0.6) is 0 Å². The molecule has 4 aromatic rings. The van der Waals surface area contributed by atoms with Crippen LogP contribution in [0.25, 0.3) is 33.6 Å². The number of aryl methyl sites for hydroxylation is 4. The molecule has 2 aliphatic rings. The molecule has 1 heterocycles. The standard InChI is InChI=1S/C29H27N2/c1-16-11-18(3)19(4)24(12-16)29-25-14-21-10-9-20-13-23-17(2)7-6-8-22(23)26(20)27(21)28(25)30-15-31(29)5/h6-12,15H,13-14H2,1-5H3/q+1. The number of hydrogen-bond donors (Lipinski definition) is 0. The van der Waals surface area contributed by atoms with Gasteiger partial charge in [-0.25, -0.2) is 4.57 Å². The molecule has 0 atom stereocenters. The van der Waals surface area contributed by atoms with E-state index in [1.807, 2.05) is 6.33 Å². The third-order valence-electron chi connectivity index (χ3n) is 7.38. The maximum atomic E-state index is 5.00. The highest BCUT2D eigenvalue weighted by atomic mass is 15.0. The van der Waals surface area contributed by atoms with Crippen molar-refractivity contribution >= 4 is 0 Å². The first-order valence-electron chi connectivity index (χ1n) is 11.1. The molecule has 0 saturated carbocycles. The van der Waals surface area contributed by atoms with Crippen molar-refractivity contribution in [2.75, 3.05) is 0 Å². The highest BCUT2D eigenvalue weighted by molar-refractivity contribution is 5.95. The predicted octanol–water partition coefficient (Wildman–Crippen LogP) is 5.95. The molecular weight excluding hydrogens is 376 g/mol. The molecule has 0 N–H and O–H groups in total. The average Bonchev–Trinajstić information content (AvgIpc) is 3.29. The first-order valence-corrected chi connectivity index (χ1v) is 11.1. The number of fused-ring (bicyclic) bond motifs is 7. The zero-order valence-corrected chi connectivity index (χ0v) is 18.9. The summed E-state index contributed by atoms with van der Waals surface area (Å²) in [7, 11) is 2.13. The molecule has 3 aromatic carbocycles. The highest BCUT2D eigenvalue weighted by Crippen LogP contribution is 2.50. The molecule has 2 nitrogen and oxygen atoms in total. The molecule has 0 aliphatic heterocycles. The van der Waals surface area contributed by atoms with Crippen molar-refractivity contribution in [3.8, 4) is 33.6 Å². The predicted molar refractivity (Wildman–Crippen MR) is 126 cm³/mol. The number of nitrogens with zero attached hydrogens (tertiary/aromatic N) is 2. The fourth-order valence-corrected chi connectivity index (χ4v) is 5.74. The van der Waals surface area contributed by atoms with Crippen molar-refractivity contribution in [3.05, 3.63) is 93.3 Å². The molecule has 1 aromatic heterocycles. The third kappa shape index (κ3) is 2.51. The Morgan fingerprint density at radius 2 is 1.52 bits per heavy atom. The summed E-state index contributed by atoms with van der Waals surface area (Å²) in [5, 5.41) is 0. The van der Waals surface area contributed by atoms with Crippen molar-refractivity contribution in [2.45, 2.75) is 40.5 Å². The smallest absolute Gasteiger partial charge is 0.232 e. The van der Waals surface area contributed by atoms with Gasteiger partial charge < -0.3 is 0 Å². The highest BCUT2D eigenvalue weighted by Gasteiger charge is 2.36. The Morgan fingerprint density at radius 3 is 2.32 bits per heavy atom. The first-order chi connectivity index (χ1) is 14.9. The lowest BCUT2D eigenvalue weighted by Crippen LogP contribution is -2.33. The molecule has 2 heteroatoms. The van der Waals surface area contributed by atoms with Crippen molar-refractivity contribution in [3.63, 3.8) is 0 Å². The van der Waals surface area contributed by atoms with Crippen LogP contribution in [-0.2, 0) is 19.9 Å². The van der Waals surface area contributed by atoms with Gasteiger partial charge in [-0.05, 0) is 89.7 Å². The van der Waals surface area contributed by atoms with Gasteiger partial charge in [-0.2, -0.15) is 0 Å². The molecule has 0 unspecified atom stereocenters. The van der Waals surface area contributed by atoms with Crippen molar-refractivity contribution in [2.24, 2.45) is 7.05 Å². The van der Waals surface area contributed by atoms with Crippen LogP contribution in [0.2, 0.25) is 0 Å². The van der Waals surface area contributed by atoms with Gasteiger partial charge in [0.25, 0.3) is 6.33 Å². The quantitative estimate of drug-likeness (QED) is 0.310. The summed E-state index contributed by atoms with van der Waals surface area (Å²) in [5.41, 5.74) is 19.1. The maximum absolute atomic E-state index is 5.00. The minimum absolute atomic E-state index is 0.947. The van der Waals surface area contributed by atoms with Crippen molar-refractivity contribution in [1.29, 1.82) is 0 Å². The molecule has 0 amide bonds. The van der Waals surface area contributed by atoms with Gasteiger partial charge >= 0.3 is 0 Å². The lowest BCUT2D eigenvalue weighted by Gasteiger charge is -2.13. The Balaban J connectivity index is 1.65. The Labute approximate surface area is 184 Å². The van der Waals surface area contributed by atoms with E-state index < -0.39 is 0 Å². The van der Waals surface area contributed by atoms with Crippen molar-refractivity contribution in [1.82, 2.24) is 4.98 Å². The maximum Gasteiger partial charge on any atom is 0.287 e. The van der Waals surface area contributed by atoms with E-state index in [1.54, 1.807) is 0 Å². The largest absolute Gasteiger partial charge is 0.287 e. The van der Waals surface area contributed by atoms with Gasteiger partial charge in [0.15, 0.2) is 5.69 Å². The van der Waals surface area contributed by atoms with E-state index in [2.05, 4.69) is 81.8 Å². The molecule has 0 radical (unpaired) electrons. The molecular formula is C29H27N2+. The van der Waals surface area contributed by atoms with Gasteiger partial charge in [0.2, 0.25) is 0 Å². The lowest BCUT2D eigenvalue weighted by molar-refractivity contribution is -0.663. The van der Waals surface area contributed by atoms with Gasteiger partial charge in [0.05, 0.1) is 12.6 Å². The fourth-order valence-electron chi connectivity index (χ4n) is 5.74. The number of benzene rings is 3. The van der Waals surface area contributed by atoms with Crippen molar-refractivity contribution < 1.29 is 4.57 Å². The van der Waals surface area contributed by atoms with Crippen LogP contribution >= 0.6 is 0 Å². The number of rotatable bonds is 1. The molecule has 31 heavy (non-hydrogen) atoms. The average molecular weight is 404 g/mol. The second-order valence-electron chi connectivity index (χ2n) is 9.37. The van der Waals surface area contributed by atoms with Gasteiger partial charge in [-0.1, -0.05) is 42.0 Å². The zero-order chi connectivity index (χ0) is 21.4. The summed E-state index contributed by atoms with van der Waals surface area (Å²) in [6.07, 6.45) is 3.98. The first kappa shape index (κ1) is 18.5. The van der Waals surface area contributed by atoms with Gasteiger partial charge in [0.1, 0.15) is 5.69 Å². The second-order valence-corrected chi connectivity index (χ2v) is 9.37. The second kappa shape index (κ2) is 6.37. The number of aromatic nitrogens is 2. The van der Waals surface area contributed by atoms with Crippen LogP contribution in [0.15, 0.2) is 48.8 Å². The van der Waals surface area contributed by atoms with E-state index in [0.717, 1.165) is 12.8 Å². The van der Waals surface area contributed by atoms with Crippen LogP contribution in [0.3, 0.4) is 0 Å². The molecule has 0 saturated heterocycles. The van der Waals surface area contributed by atoms with Gasteiger partial charge in [0, 0.05) is 17.5 Å². The summed E-state index contributed by atoms with van der Waals surface area (Å²) in [6, 6.07) is 16.0. The van der Waals surface area contributed by atoms with E-state index in [0.29, 0.717) is 0 Å². The third-order valence-corrected chi connectivity index (χ3v) is 7.38. The monoisotopic (exact) mass is 403 g/mol. The molecule has 0 fully saturated rings. The van der Waals surface area contributed by atoms with Crippen LogP contribution in [0, 0.1) is 27.7 Å². The fraction of sp³-hybridized carbons (Fsp3) is 0.241. The molecule has 2 aliphatic carbocycles. The summed E-state index contributed by atoms with van der Waals surface area (Å²) in [5.74, 6) is 0. The minimum Gasteiger partial charge on any atom is -0.232 e. The minimum atomic E-state index is 0.947. The van der Waals surface area contributed by atoms with Crippen LogP contribution in [-0.4, -0.2) is 4.98 Å². The number of hydrogen-bond acceptors (Lipinski definition) is 1. The van der Waals surface area contributed by atoms with E-state index in [1.165, 1.54) is 78.1 Å². The van der Waals surface area contributed by atoms with Gasteiger partial charge in [-0.3, -0.25) is 0 Å². The Morgan fingerprint density at radius 1 is 0.774 bits per heavy atom. The topological polar surface area (TPSA) is 16.8 Å². The molecule has 6 rings (SSSR count). The van der Waals surface area contributed by atoms with E-state index in [4.69, 9.17) is 4.98 Å². The molecule has 0 bridgehead atoms. The Bertz CT molecular complexity index is 1430. The summed E-state index contributed by atoms with van der Waals surface area (Å²) < 4.78 is 2.21. The Hall–Kier alpha value is -3.26. The van der Waals surface area contributed by atoms with E-state index in [9.17, 15) is 0 Å². The summed E-state index contributed by atoms with van der Waals surface area (Å²) in [4.78, 5) is 5.00. The van der Waals surface area contributed by atoms with E-state index >= 15 is 0 Å². The van der Waals surface area contributed by atoms with Crippen LogP contribution < -0.4 is 4.57 Å². The van der Waals surface area contributed by atoms with Crippen LogP contribution in [0.4, 0.5) is 0 Å². The SMILES string of the molecule is Cc1cc(C)c(C)c(-c2c3c(nc[n+]2C)-c2c(ccc4c2-c2cccc(C)c2C4)C3)c1. The lowest BCUT2D eigenvalue weighted by atomic mass is 9.94. The molecule has 0 spiro atoms. The van der Waals surface area contributed by atoms with Crippen LogP contribution in [0.1, 0.15) is 44.5 Å². The van der Waals surface area contributed by atoms with Gasteiger partial charge in [-0.15, -0.1) is 0 Å². The van der Waals surface area contributed by atoms with E-state index in [-0.39, 0.29) is 0 Å². The molecule has 152 valence electrons. The normalized spacial score (nSPS) is 13.1. The zero-order valence-electron chi connectivity index (χ0n) is 18.9. The summed E-state index contributed by atoms with van der Waals surface area (Å²) >= 11 is 0. The summed E-state index contributed by atoms with van der Waals surface area (Å²) in [6.45, 7) is 8.89.